The maximum atomic E-state index is 11.8. The van der Waals surface area contributed by atoms with Crippen LogP contribution in [-0.2, 0) is 23.1 Å². The Labute approximate surface area is 90.9 Å². The summed E-state index contributed by atoms with van der Waals surface area (Å²) >= 11 is 0. The Morgan fingerprint density at radius 3 is 2.88 bits per heavy atom. The van der Waals surface area contributed by atoms with Gasteiger partial charge < -0.3 is 9.47 Å². The molecule has 0 bridgehead atoms. The van der Waals surface area contributed by atoms with E-state index in [4.69, 9.17) is 4.74 Å². The van der Waals surface area contributed by atoms with E-state index in [1.165, 1.54) is 18.0 Å². The number of hydrogen-bond acceptors (Lipinski definition) is 4. The number of ether oxygens (including phenoxy) is 2. The van der Waals surface area contributed by atoms with Crippen molar-refractivity contribution in [1.29, 1.82) is 0 Å². The van der Waals surface area contributed by atoms with E-state index in [1.54, 1.807) is 7.05 Å². The van der Waals surface area contributed by atoms with E-state index < -0.39 is 19.0 Å². The minimum atomic E-state index is -2.54. The van der Waals surface area contributed by atoms with Gasteiger partial charge in [-0.05, 0) is 0 Å². The van der Waals surface area contributed by atoms with Crippen molar-refractivity contribution in [2.75, 3.05) is 13.7 Å². The van der Waals surface area contributed by atoms with Crippen LogP contribution in [0.5, 0.6) is 0 Å². The number of nitrogens with zero attached hydrogens (tertiary/aromatic N) is 2. The molecule has 90 valence electrons. The summed E-state index contributed by atoms with van der Waals surface area (Å²) in [5.41, 5.74) is 0.509. The van der Waals surface area contributed by atoms with Gasteiger partial charge in [-0.15, -0.1) is 0 Å². The molecule has 7 heteroatoms. The largest absolute Gasteiger partial charge is 0.465 e. The highest BCUT2D eigenvalue weighted by Crippen LogP contribution is 2.09. The summed E-state index contributed by atoms with van der Waals surface area (Å²) in [6.45, 7) is -0.827. The summed E-state index contributed by atoms with van der Waals surface area (Å²) in [5.74, 6) is -0.566. The Morgan fingerprint density at radius 1 is 1.62 bits per heavy atom. The zero-order valence-corrected chi connectivity index (χ0v) is 8.94. The zero-order valence-electron chi connectivity index (χ0n) is 8.94. The number of hydrogen-bond donors (Lipinski definition) is 0. The first-order valence-electron chi connectivity index (χ1n) is 4.51. The number of esters is 1. The molecule has 0 atom stereocenters. The number of halogens is 2. The lowest BCUT2D eigenvalue weighted by Crippen LogP contribution is -2.08. The zero-order chi connectivity index (χ0) is 12.1. The number of methoxy groups -OCH3 is 1. The Balaban J connectivity index is 2.67. The Kier molecular flexibility index (Phi) is 4.36. The first kappa shape index (κ1) is 12.6. The van der Waals surface area contributed by atoms with Crippen LogP contribution < -0.4 is 0 Å². The molecule has 0 aliphatic heterocycles. The van der Waals surface area contributed by atoms with Gasteiger partial charge in [0.1, 0.15) is 17.9 Å². The van der Waals surface area contributed by atoms with Crippen LogP contribution in [0.4, 0.5) is 8.78 Å². The van der Waals surface area contributed by atoms with Crippen molar-refractivity contribution in [3.8, 4) is 0 Å². The van der Waals surface area contributed by atoms with Crippen LogP contribution in [-0.4, -0.2) is 35.9 Å². The van der Waals surface area contributed by atoms with E-state index in [9.17, 15) is 13.6 Å². The number of aromatic nitrogens is 2. The monoisotopic (exact) mass is 234 g/mol. The summed E-state index contributed by atoms with van der Waals surface area (Å²) in [4.78, 5) is 11.3. The highest BCUT2D eigenvalue weighted by atomic mass is 19.3. The van der Waals surface area contributed by atoms with Crippen molar-refractivity contribution >= 4 is 5.97 Å². The summed E-state index contributed by atoms with van der Waals surface area (Å²) in [5, 5.41) is 3.92. The fourth-order valence-electron chi connectivity index (χ4n) is 1.17. The van der Waals surface area contributed by atoms with Crippen molar-refractivity contribution < 1.29 is 23.0 Å². The predicted molar refractivity (Wildman–Crippen MR) is 50.2 cm³/mol. The second-order valence-corrected chi connectivity index (χ2v) is 3.06. The van der Waals surface area contributed by atoms with Crippen LogP contribution in [0.15, 0.2) is 6.20 Å². The normalized spacial score (nSPS) is 10.8. The van der Waals surface area contributed by atoms with Gasteiger partial charge in [-0.1, -0.05) is 0 Å². The fourth-order valence-corrected chi connectivity index (χ4v) is 1.17. The third-order valence-electron chi connectivity index (χ3n) is 1.79. The number of alkyl halides is 2. The average molecular weight is 234 g/mol. The van der Waals surface area contributed by atoms with Gasteiger partial charge in [0.25, 0.3) is 6.43 Å². The molecule has 0 amide bonds. The lowest BCUT2D eigenvalue weighted by molar-refractivity contribution is 0.00832. The maximum Gasteiger partial charge on any atom is 0.341 e. The minimum absolute atomic E-state index is 0.143. The third kappa shape index (κ3) is 3.27. The van der Waals surface area contributed by atoms with E-state index in [2.05, 4.69) is 9.84 Å². The van der Waals surface area contributed by atoms with Crippen molar-refractivity contribution in [1.82, 2.24) is 9.78 Å². The van der Waals surface area contributed by atoms with E-state index in [1.807, 2.05) is 0 Å². The molecule has 1 aromatic heterocycles. The summed E-state index contributed by atoms with van der Waals surface area (Å²) < 4.78 is 34.3. The van der Waals surface area contributed by atoms with Crippen LogP contribution in [0.3, 0.4) is 0 Å². The van der Waals surface area contributed by atoms with Gasteiger partial charge in [-0.25, -0.2) is 13.6 Å². The summed E-state index contributed by atoms with van der Waals surface area (Å²) in [6.07, 6.45) is -1.09. The van der Waals surface area contributed by atoms with E-state index in [0.717, 1.165) is 0 Å². The highest BCUT2D eigenvalue weighted by molar-refractivity contribution is 5.90. The molecule has 16 heavy (non-hydrogen) atoms. The fraction of sp³-hybridized carbons (Fsp3) is 0.556. The SMILES string of the molecule is COC(=O)c1cn(C)nc1COCC(F)F. The number of rotatable bonds is 5. The van der Waals surface area contributed by atoms with Gasteiger partial charge in [-0.3, -0.25) is 4.68 Å². The molecule has 0 fully saturated rings. The van der Waals surface area contributed by atoms with Crippen LogP contribution in [0.2, 0.25) is 0 Å². The molecule has 0 aliphatic rings. The van der Waals surface area contributed by atoms with Crippen molar-refractivity contribution in [3.05, 3.63) is 17.5 Å². The van der Waals surface area contributed by atoms with Gasteiger partial charge in [0.05, 0.1) is 13.7 Å². The van der Waals surface area contributed by atoms with Crippen LogP contribution in [0, 0.1) is 0 Å². The minimum Gasteiger partial charge on any atom is -0.465 e. The third-order valence-corrected chi connectivity index (χ3v) is 1.79. The highest BCUT2D eigenvalue weighted by Gasteiger charge is 2.16. The first-order chi connectivity index (χ1) is 7.54. The van der Waals surface area contributed by atoms with E-state index in [0.29, 0.717) is 0 Å². The molecule has 0 saturated heterocycles. The Bertz CT molecular complexity index is 366. The van der Waals surface area contributed by atoms with Gasteiger partial charge in [0.2, 0.25) is 0 Å². The van der Waals surface area contributed by atoms with Crippen LogP contribution in [0.25, 0.3) is 0 Å². The van der Waals surface area contributed by atoms with Crippen LogP contribution in [0.1, 0.15) is 16.1 Å². The molecular formula is C9H12F2N2O3. The standard InChI is InChI=1S/C9H12F2N2O3/c1-13-3-6(9(14)15-2)7(12-13)4-16-5-8(10)11/h3,8H,4-5H2,1-2H3. The first-order valence-corrected chi connectivity index (χ1v) is 4.51. The van der Waals surface area contributed by atoms with E-state index in [-0.39, 0.29) is 17.9 Å². The molecule has 0 spiro atoms. The second kappa shape index (κ2) is 5.55. The molecule has 0 radical (unpaired) electrons. The van der Waals surface area contributed by atoms with Gasteiger partial charge in [-0.2, -0.15) is 5.10 Å². The van der Waals surface area contributed by atoms with Gasteiger partial charge in [0, 0.05) is 13.2 Å². The quantitative estimate of drug-likeness (QED) is 0.713. The second-order valence-electron chi connectivity index (χ2n) is 3.06. The molecule has 1 heterocycles. The lowest BCUT2D eigenvalue weighted by Gasteiger charge is -2.02. The van der Waals surface area contributed by atoms with Crippen LogP contribution >= 0.6 is 0 Å². The smallest absolute Gasteiger partial charge is 0.341 e. The molecule has 0 unspecified atom stereocenters. The summed E-state index contributed by atoms with van der Waals surface area (Å²) in [6, 6.07) is 0. The number of carbonyl (C=O) groups is 1. The van der Waals surface area contributed by atoms with E-state index >= 15 is 0 Å². The Morgan fingerprint density at radius 2 is 2.31 bits per heavy atom. The van der Waals surface area contributed by atoms with Crippen molar-refractivity contribution in [3.63, 3.8) is 0 Å². The van der Waals surface area contributed by atoms with Gasteiger partial charge >= 0.3 is 5.97 Å². The topological polar surface area (TPSA) is 53.4 Å². The average Bonchev–Trinajstić information content (AvgIpc) is 2.58. The lowest BCUT2D eigenvalue weighted by atomic mass is 10.2. The van der Waals surface area contributed by atoms with Crippen molar-refractivity contribution in [2.45, 2.75) is 13.0 Å². The summed E-state index contributed by atoms with van der Waals surface area (Å²) in [7, 11) is 2.85. The molecule has 0 aromatic carbocycles. The number of aryl methyl sites for hydroxylation is 1. The van der Waals surface area contributed by atoms with Crippen molar-refractivity contribution in [2.24, 2.45) is 7.05 Å². The predicted octanol–water partition coefficient (Wildman–Crippen LogP) is 0.988. The maximum absolute atomic E-state index is 11.8. The Hall–Kier alpha value is -1.50. The number of carbonyl (C=O) groups excluding carboxylic acids is 1. The molecule has 0 N–H and O–H groups in total. The van der Waals surface area contributed by atoms with Gasteiger partial charge in [0.15, 0.2) is 0 Å². The molecular weight excluding hydrogens is 222 g/mol. The molecule has 0 saturated carbocycles. The molecule has 5 nitrogen and oxygen atoms in total. The molecule has 0 aliphatic carbocycles. The molecule has 1 aromatic rings. The molecule has 1 rings (SSSR count).